The number of rotatable bonds is 3. The standard InChI is InChI=1S/C16H10F3NO4/c1-23-12-4-2-3-11-13(12)15(21)14(20(11)22)9-5-7-10(8-6-9)24-16(17,18)19/h2-8H,1H3. The van der Waals surface area contributed by atoms with Gasteiger partial charge in [-0.25, -0.2) is 0 Å². The van der Waals surface area contributed by atoms with E-state index < -0.39 is 17.9 Å². The van der Waals surface area contributed by atoms with Gasteiger partial charge in [0, 0.05) is 6.07 Å². The van der Waals surface area contributed by atoms with Crippen LogP contribution in [-0.2, 0) is 0 Å². The van der Waals surface area contributed by atoms with Crippen LogP contribution in [0.3, 0.4) is 0 Å². The van der Waals surface area contributed by atoms with Crippen LogP contribution in [0.15, 0.2) is 42.5 Å². The Bertz CT molecular complexity index is 841. The summed E-state index contributed by atoms with van der Waals surface area (Å²) in [6.07, 6.45) is -4.81. The number of ether oxygens (including phenoxy) is 2. The van der Waals surface area contributed by atoms with Crippen molar-refractivity contribution in [3.05, 3.63) is 58.8 Å². The fourth-order valence-corrected chi connectivity index (χ4v) is 2.48. The average molecular weight is 337 g/mol. The van der Waals surface area contributed by atoms with E-state index in [2.05, 4.69) is 4.74 Å². The SMILES string of the molecule is COc1cccc2c1C(=O)C(c1ccc(OC(F)(F)F)cc1)=[N+]2[O-]. The van der Waals surface area contributed by atoms with E-state index in [9.17, 15) is 23.2 Å². The molecule has 0 aliphatic carbocycles. The molecule has 0 bridgehead atoms. The maximum absolute atomic E-state index is 12.5. The van der Waals surface area contributed by atoms with E-state index in [-0.39, 0.29) is 28.3 Å². The van der Waals surface area contributed by atoms with E-state index in [1.807, 2.05) is 0 Å². The third-order valence-electron chi connectivity index (χ3n) is 3.45. The Kier molecular flexibility index (Phi) is 3.67. The minimum absolute atomic E-state index is 0.126. The Morgan fingerprint density at radius 3 is 2.33 bits per heavy atom. The van der Waals surface area contributed by atoms with Crippen LogP contribution >= 0.6 is 0 Å². The second kappa shape index (κ2) is 5.55. The molecule has 24 heavy (non-hydrogen) atoms. The summed E-state index contributed by atoms with van der Waals surface area (Å²) in [6, 6.07) is 9.10. The molecule has 0 fully saturated rings. The van der Waals surface area contributed by atoms with Crippen molar-refractivity contribution in [3.63, 3.8) is 0 Å². The zero-order valence-corrected chi connectivity index (χ0v) is 12.3. The maximum Gasteiger partial charge on any atom is 0.573 e. The van der Waals surface area contributed by atoms with Crippen molar-refractivity contribution < 1.29 is 32.2 Å². The van der Waals surface area contributed by atoms with Gasteiger partial charge in [0.2, 0.25) is 5.69 Å². The fraction of sp³-hybridized carbons (Fsp3) is 0.125. The minimum atomic E-state index is -4.81. The number of fused-ring (bicyclic) bond motifs is 1. The predicted octanol–water partition coefficient (Wildman–Crippen LogP) is 3.42. The van der Waals surface area contributed by atoms with Gasteiger partial charge in [0.1, 0.15) is 17.1 Å². The van der Waals surface area contributed by atoms with Gasteiger partial charge in [-0.15, -0.1) is 13.2 Å². The highest BCUT2D eigenvalue weighted by Crippen LogP contribution is 2.35. The molecule has 0 amide bonds. The third kappa shape index (κ3) is 2.66. The number of alkyl halides is 3. The van der Waals surface area contributed by atoms with Gasteiger partial charge >= 0.3 is 6.36 Å². The van der Waals surface area contributed by atoms with Crippen LogP contribution in [-0.4, -0.2) is 29.7 Å². The summed E-state index contributed by atoms with van der Waals surface area (Å²) in [4.78, 5) is 12.5. The van der Waals surface area contributed by atoms with Gasteiger partial charge in [-0.3, -0.25) is 4.79 Å². The normalized spacial score (nSPS) is 13.9. The first-order valence-corrected chi connectivity index (χ1v) is 6.74. The largest absolute Gasteiger partial charge is 0.618 e. The van der Waals surface area contributed by atoms with E-state index in [1.165, 1.54) is 25.3 Å². The average Bonchev–Trinajstić information content (AvgIpc) is 2.78. The Morgan fingerprint density at radius 2 is 1.75 bits per heavy atom. The summed E-state index contributed by atoms with van der Waals surface area (Å²) in [5.74, 6) is -0.739. The highest BCUT2D eigenvalue weighted by Gasteiger charge is 2.39. The molecule has 8 heteroatoms. The molecule has 2 aromatic carbocycles. The Balaban J connectivity index is 1.99. The first kappa shape index (κ1) is 15.9. The lowest BCUT2D eigenvalue weighted by atomic mass is 10.0. The summed E-state index contributed by atoms with van der Waals surface area (Å²) in [5, 5.41) is 12.4. The van der Waals surface area contributed by atoms with Crippen molar-refractivity contribution in [2.24, 2.45) is 0 Å². The first-order valence-electron chi connectivity index (χ1n) is 6.74. The molecule has 124 valence electrons. The molecule has 1 aliphatic heterocycles. The molecule has 0 aromatic heterocycles. The molecule has 0 saturated heterocycles. The molecule has 5 nitrogen and oxygen atoms in total. The van der Waals surface area contributed by atoms with E-state index in [1.54, 1.807) is 12.1 Å². The molecule has 1 aliphatic rings. The van der Waals surface area contributed by atoms with Gasteiger partial charge in [0.05, 0.1) is 12.7 Å². The van der Waals surface area contributed by atoms with Crippen LogP contribution in [0.2, 0.25) is 0 Å². The Hall–Kier alpha value is -3.03. The fourth-order valence-electron chi connectivity index (χ4n) is 2.48. The van der Waals surface area contributed by atoms with Gasteiger partial charge in [-0.05, 0) is 30.3 Å². The van der Waals surface area contributed by atoms with Crippen molar-refractivity contribution in [3.8, 4) is 11.5 Å². The number of ketones is 1. The number of hydrogen-bond acceptors (Lipinski definition) is 4. The van der Waals surface area contributed by atoms with Crippen LogP contribution < -0.4 is 9.47 Å². The Labute approximate surface area is 134 Å². The van der Waals surface area contributed by atoms with Gasteiger partial charge in [0.25, 0.3) is 11.5 Å². The summed E-state index contributed by atoms with van der Waals surface area (Å²) in [7, 11) is 1.37. The molecule has 1 heterocycles. The number of carbonyl (C=O) groups excluding carboxylic acids is 1. The van der Waals surface area contributed by atoms with E-state index >= 15 is 0 Å². The summed E-state index contributed by atoms with van der Waals surface area (Å²) < 4.78 is 45.8. The predicted molar refractivity (Wildman–Crippen MR) is 77.8 cm³/mol. The van der Waals surface area contributed by atoms with E-state index in [0.717, 1.165) is 12.1 Å². The number of carbonyl (C=O) groups is 1. The minimum Gasteiger partial charge on any atom is -0.618 e. The highest BCUT2D eigenvalue weighted by atomic mass is 19.4. The second-order valence-corrected chi connectivity index (χ2v) is 4.90. The van der Waals surface area contributed by atoms with E-state index in [4.69, 9.17) is 4.74 Å². The lowest BCUT2D eigenvalue weighted by Gasteiger charge is -2.08. The monoisotopic (exact) mass is 337 g/mol. The van der Waals surface area contributed by atoms with Crippen LogP contribution in [0.1, 0.15) is 15.9 Å². The smallest absolute Gasteiger partial charge is 0.573 e. The number of Topliss-reactive ketones (excluding diaryl/α,β-unsaturated/α-hetero) is 1. The maximum atomic E-state index is 12.5. The summed E-state index contributed by atoms with van der Waals surface area (Å²) in [5.41, 5.74) is 0.251. The van der Waals surface area contributed by atoms with Crippen LogP contribution in [0.4, 0.5) is 18.9 Å². The zero-order valence-electron chi connectivity index (χ0n) is 12.3. The number of hydrogen-bond donors (Lipinski definition) is 0. The first-order chi connectivity index (χ1) is 11.3. The highest BCUT2D eigenvalue weighted by molar-refractivity contribution is 6.52. The molecule has 0 radical (unpaired) electrons. The van der Waals surface area contributed by atoms with Gasteiger partial charge in [0.15, 0.2) is 0 Å². The van der Waals surface area contributed by atoms with Gasteiger partial charge in [-0.2, -0.15) is 4.74 Å². The Morgan fingerprint density at radius 1 is 1.08 bits per heavy atom. The van der Waals surface area contributed by atoms with Crippen molar-refractivity contribution in [2.45, 2.75) is 6.36 Å². The number of nitrogens with zero attached hydrogens (tertiary/aromatic N) is 1. The van der Waals surface area contributed by atoms with E-state index in [0.29, 0.717) is 4.74 Å². The summed E-state index contributed by atoms with van der Waals surface area (Å²) in [6.45, 7) is 0. The topological polar surface area (TPSA) is 61.6 Å². The molecule has 0 unspecified atom stereocenters. The van der Waals surface area contributed by atoms with Crippen molar-refractivity contribution >= 4 is 17.2 Å². The quantitative estimate of drug-likeness (QED) is 0.636. The molecule has 0 atom stereocenters. The molecule has 0 saturated carbocycles. The van der Waals surface area contributed by atoms with Crippen LogP contribution in [0, 0.1) is 5.21 Å². The lowest BCUT2D eigenvalue weighted by molar-refractivity contribution is -0.355. The molecule has 0 N–H and O–H groups in total. The molecule has 3 rings (SSSR count). The molecular weight excluding hydrogens is 327 g/mol. The van der Waals surface area contributed by atoms with Gasteiger partial charge in [-0.1, -0.05) is 6.07 Å². The molecule has 0 spiro atoms. The van der Waals surface area contributed by atoms with Crippen molar-refractivity contribution in [1.29, 1.82) is 0 Å². The number of methoxy groups -OCH3 is 1. The molecule has 2 aromatic rings. The summed E-state index contributed by atoms with van der Waals surface area (Å²) >= 11 is 0. The van der Waals surface area contributed by atoms with Crippen LogP contribution in [0.5, 0.6) is 11.5 Å². The number of benzene rings is 2. The van der Waals surface area contributed by atoms with Crippen LogP contribution in [0.25, 0.3) is 0 Å². The van der Waals surface area contributed by atoms with Crippen molar-refractivity contribution in [1.82, 2.24) is 0 Å². The zero-order chi connectivity index (χ0) is 17.5. The second-order valence-electron chi connectivity index (χ2n) is 4.90. The molecular formula is C16H10F3NO4. The lowest BCUT2D eigenvalue weighted by Crippen LogP contribution is -2.18. The third-order valence-corrected chi connectivity index (χ3v) is 3.45. The van der Waals surface area contributed by atoms with Crippen molar-refractivity contribution in [2.75, 3.05) is 7.11 Å². The number of halogens is 3. The van der Waals surface area contributed by atoms with Gasteiger partial charge < -0.3 is 14.7 Å².